The number of amides is 1. The molecule has 0 aliphatic rings. The molecule has 0 unspecified atom stereocenters. The topological polar surface area (TPSA) is 60.5 Å². The number of ether oxygens (including phenoxy) is 2. The molecule has 1 N–H and O–H groups in total. The van der Waals surface area contributed by atoms with Gasteiger partial charge in [-0.25, -0.2) is 4.98 Å². The second-order valence-corrected chi connectivity index (χ2v) is 7.51. The molecule has 27 heavy (non-hydrogen) atoms. The van der Waals surface area contributed by atoms with Crippen LogP contribution in [0.2, 0.25) is 0 Å². The van der Waals surface area contributed by atoms with E-state index < -0.39 is 0 Å². The van der Waals surface area contributed by atoms with Crippen LogP contribution in [0, 0.1) is 13.8 Å². The molecule has 5 nitrogen and oxygen atoms in total. The molecule has 1 amide bonds. The monoisotopic (exact) mass is 388 g/mol. The molecule has 0 spiro atoms. The van der Waals surface area contributed by atoms with E-state index in [1.54, 1.807) is 13.2 Å². The lowest BCUT2D eigenvalue weighted by Gasteiger charge is -2.11. The van der Waals surface area contributed by atoms with Gasteiger partial charge in [-0.05, 0) is 44.0 Å². The highest BCUT2D eigenvalue weighted by Crippen LogP contribution is 2.29. The second kappa shape index (κ2) is 10.7. The molecule has 0 aliphatic heterocycles. The molecule has 0 aliphatic carbocycles. The van der Waals surface area contributed by atoms with E-state index in [0.29, 0.717) is 17.5 Å². The van der Waals surface area contributed by atoms with E-state index in [4.69, 9.17) is 9.47 Å². The van der Waals surface area contributed by atoms with Crippen LogP contribution in [0.4, 0.5) is 5.13 Å². The summed E-state index contributed by atoms with van der Waals surface area (Å²) in [4.78, 5) is 17.5. The molecular formula is C21H28N2O3S. The lowest BCUT2D eigenvalue weighted by atomic mass is 10.2. The number of benzene rings is 1. The van der Waals surface area contributed by atoms with Crippen molar-refractivity contribution in [3.63, 3.8) is 0 Å². The second-order valence-electron chi connectivity index (χ2n) is 6.30. The van der Waals surface area contributed by atoms with Crippen molar-refractivity contribution in [2.45, 2.75) is 46.5 Å². The number of carbonyl (C=O) groups excluding carboxylic acids is 1. The van der Waals surface area contributed by atoms with Gasteiger partial charge in [0.25, 0.3) is 0 Å². The number of nitrogens with zero attached hydrogens (tertiary/aromatic N) is 1. The van der Waals surface area contributed by atoms with E-state index in [1.165, 1.54) is 36.7 Å². The molecule has 0 atom stereocenters. The van der Waals surface area contributed by atoms with E-state index in [9.17, 15) is 4.79 Å². The molecule has 1 heterocycles. The number of rotatable bonds is 10. The number of hydrogen-bond acceptors (Lipinski definition) is 5. The summed E-state index contributed by atoms with van der Waals surface area (Å²) in [6.45, 7) is 6.78. The first-order chi connectivity index (χ1) is 13.0. The molecule has 2 aromatic rings. The van der Waals surface area contributed by atoms with Gasteiger partial charge in [-0.2, -0.15) is 0 Å². The van der Waals surface area contributed by atoms with Crippen molar-refractivity contribution < 1.29 is 14.3 Å². The summed E-state index contributed by atoms with van der Waals surface area (Å²) >= 11 is 1.47. The smallest absolute Gasteiger partial charge is 0.250 e. The minimum atomic E-state index is -0.209. The van der Waals surface area contributed by atoms with Gasteiger partial charge in [-0.3, -0.25) is 10.1 Å². The first-order valence-corrected chi connectivity index (χ1v) is 10.1. The lowest BCUT2D eigenvalue weighted by molar-refractivity contribution is -0.111. The Balaban J connectivity index is 1.93. The van der Waals surface area contributed by atoms with Crippen LogP contribution in [0.15, 0.2) is 24.3 Å². The minimum Gasteiger partial charge on any atom is -0.493 e. The van der Waals surface area contributed by atoms with Gasteiger partial charge in [0.05, 0.1) is 19.4 Å². The zero-order valence-corrected chi connectivity index (χ0v) is 17.3. The highest BCUT2D eigenvalue weighted by atomic mass is 32.1. The maximum Gasteiger partial charge on any atom is 0.250 e. The number of carbonyl (C=O) groups is 1. The number of thiazole rings is 1. The highest BCUT2D eigenvalue weighted by molar-refractivity contribution is 7.15. The fourth-order valence-corrected chi connectivity index (χ4v) is 3.28. The summed E-state index contributed by atoms with van der Waals surface area (Å²) in [5.41, 5.74) is 1.81. The number of methoxy groups -OCH3 is 1. The third-order valence-corrected chi connectivity index (χ3v) is 5.12. The van der Waals surface area contributed by atoms with Gasteiger partial charge in [0.1, 0.15) is 0 Å². The Morgan fingerprint density at radius 1 is 1.22 bits per heavy atom. The average Bonchev–Trinajstić information content (AvgIpc) is 2.97. The molecule has 0 bridgehead atoms. The van der Waals surface area contributed by atoms with E-state index in [2.05, 4.69) is 17.2 Å². The van der Waals surface area contributed by atoms with Gasteiger partial charge >= 0.3 is 0 Å². The number of anilines is 1. The standard InChI is InChI=1S/C21H28N2O3S/c1-5-6-7-8-13-26-18-11-9-17(14-19(18)25-4)10-12-20(24)23-21-22-15(2)16(3)27-21/h9-12,14H,5-8,13H2,1-4H3,(H,22,23,24). The van der Waals surface area contributed by atoms with Gasteiger partial charge in [0.15, 0.2) is 16.6 Å². The predicted molar refractivity (Wildman–Crippen MR) is 112 cm³/mol. The normalized spacial score (nSPS) is 11.0. The Hall–Kier alpha value is -2.34. The summed E-state index contributed by atoms with van der Waals surface area (Å²) in [7, 11) is 1.62. The zero-order valence-electron chi connectivity index (χ0n) is 16.5. The fraction of sp³-hybridized carbons (Fsp3) is 0.429. The summed E-state index contributed by atoms with van der Waals surface area (Å²) in [5.74, 6) is 1.18. The predicted octanol–water partition coefficient (Wildman–Crippen LogP) is 5.38. The van der Waals surface area contributed by atoms with Crippen molar-refractivity contribution in [3.05, 3.63) is 40.4 Å². The van der Waals surface area contributed by atoms with Gasteiger partial charge < -0.3 is 9.47 Å². The molecule has 2 rings (SSSR count). The van der Waals surface area contributed by atoms with Crippen molar-refractivity contribution in [1.82, 2.24) is 4.98 Å². The number of aromatic nitrogens is 1. The maximum absolute atomic E-state index is 12.1. The van der Waals surface area contributed by atoms with Crippen LogP contribution < -0.4 is 14.8 Å². The van der Waals surface area contributed by atoms with Crippen LogP contribution in [-0.4, -0.2) is 24.6 Å². The van der Waals surface area contributed by atoms with Gasteiger partial charge in [0.2, 0.25) is 5.91 Å². The molecule has 1 aromatic carbocycles. The summed E-state index contributed by atoms with van der Waals surface area (Å²) < 4.78 is 11.2. The van der Waals surface area contributed by atoms with Crippen molar-refractivity contribution in [1.29, 1.82) is 0 Å². The van der Waals surface area contributed by atoms with Gasteiger partial charge in [-0.1, -0.05) is 32.3 Å². The molecule has 1 aromatic heterocycles. The zero-order chi connectivity index (χ0) is 19.6. The van der Waals surface area contributed by atoms with Crippen molar-refractivity contribution in [3.8, 4) is 11.5 Å². The van der Waals surface area contributed by atoms with E-state index in [1.807, 2.05) is 32.0 Å². The van der Waals surface area contributed by atoms with Gasteiger partial charge in [0, 0.05) is 11.0 Å². The van der Waals surface area contributed by atoms with Crippen molar-refractivity contribution in [2.75, 3.05) is 19.0 Å². The molecule has 0 saturated carbocycles. The minimum absolute atomic E-state index is 0.209. The SMILES string of the molecule is CCCCCCOc1ccc(C=CC(=O)Nc2nc(C)c(C)s2)cc1OC. The molecule has 146 valence electrons. The number of nitrogens with one attached hydrogen (secondary N) is 1. The number of hydrogen-bond donors (Lipinski definition) is 1. The number of aryl methyl sites for hydroxylation is 2. The lowest BCUT2D eigenvalue weighted by Crippen LogP contribution is -2.07. The van der Waals surface area contributed by atoms with Crippen molar-refractivity contribution in [2.24, 2.45) is 0 Å². The van der Waals surface area contributed by atoms with E-state index in [-0.39, 0.29) is 5.91 Å². The number of unbranched alkanes of at least 4 members (excludes halogenated alkanes) is 3. The molecule has 0 fully saturated rings. The average molecular weight is 389 g/mol. The van der Waals surface area contributed by atoms with Crippen LogP contribution in [0.3, 0.4) is 0 Å². The molecule has 0 saturated heterocycles. The van der Waals surface area contributed by atoms with Gasteiger partial charge in [-0.15, -0.1) is 11.3 Å². The maximum atomic E-state index is 12.1. The third kappa shape index (κ3) is 6.71. The Morgan fingerprint density at radius 2 is 2.04 bits per heavy atom. The first-order valence-electron chi connectivity index (χ1n) is 9.27. The summed E-state index contributed by atoms with van der Waals surface area (Å²) in [6, 6.07) is 5.65. The summed E-state index contributed by atoms with van der Waals surface area (Å²) in [6.07, 6.45) is 7.88. The molecule has 6 heteroatoms. The Morgan fingerprint density at radius 3 is 2.70 bits per heavy atom. The fourth-order valence-electron chi connectivity index (χ4n) is 2.46. The van der Waals surface area contributed by atoms with E-state index in [0.717, 1.165) is 28.3 Å². The summed E-state index contributed by atoms with van der Waals surface area (Å²) in [5, 5.41) is 3.40. The quantitative estimate of drug-likeness (QED) is 0.438. The van der Waals surface area contributed by atoms with E-state index >= 15 is 0 Å². The third-order valence-electron chi connectivity index (χ3n) is 4.13. The van der Waals surface area contributed by atoms with Crippen LogP contribution >= 0.6 is 11.3 Å². The van der Waals surface area contributed by atoms with Crippen LogP contribution in [0.5, 0.6) is 11.5 Å². The Kier molecular flexibility index (Phi) is 8.33. The van der Waals surface area contributed by atoms with Crippen molar-refractivity contribution >= 4 is 28.5 Å². The molecular weight excluding hydrogens is 360 g/mol. The Bertz CT molecular complexity index is 764. The largest absolute Gasteiger partial charge is 0.493 e. The van der Waals surface area contributed by atoms with Crippen LogP contribution in [0.1, 0.15) is 48.7 Å². The van der Waals surface area contributed by atoms with Crippen LogP contribution in [-0.2, 0) is 4.79 Å². The van der Waals surface area contributed by atoms with Crippen LogP contribution in [0.25, 0.3) is 6.08 Å². The highest BCUT2D eigenvalue weighted by Gasteiger charge is 2.07. The Labute approximate surface area is 165 Å². The first kappa shape index (κ1) is 21.0. The molecule has 0 radical (unpaired) electrons.